The van der Waals surface area contributed by atoms with Gasteiger partial charge in [0.1, 0.15) is 22.8 Å². The van der Waals surface area contributed by atoms with Gasteiger partial charge in [-0.1, -0.05) is 11.6 Å². The highest BCUT2D eigenvalue weighted by molar-refractivity contribution is 6.38. The maximum Gasteiger partial charge on any atom is 0.307 e. The third-order valence-corrected chi connectivity index (χ3v) is 9.38. The van der Waals surface area contributed by atoms with Gasteiger partial charge in [0, 0.05) is 25.6 Å². The summed E-state index contributed by atoms with van der Waals surface area (Å²) in [5.41, 5.74) is 1.18. The molecular formula is C30H38ClN5O10. The molecule has 2 amide bonds. The molecule has 0 spiro atoms. The Bertz CT molecular complexity index is 1620. The Labute approximate surface area is 269 Å². The number of amides is 2. The van der Waals surface area contributed by atoms with Gasteiger partial charge >= 0.3 is 5.97 Å². The van der Waals surface area contributed by atoms with E-state index in [0.29, 0.717) is 0 Å². The number of ketones is 2. The number of methoxy groups -OCH3 is 1. The van der Waals surface area contributed by atoms with Crippen LogP contribution >= 0.6 is 11.6 Å². The molecule has 1 aromatic rings. The van der Waals surface area contributed by atoms with Crippen molar-refractivity contribution >= 4 is 52.3 Å². The molecule has 0 aromatic heterocycles. The number of phenolic OH excluding ortho intramolecular Hbond substituents is 1. The number of halogens is 1. The SMILES string of the molecule is COC(=O)C[C@@H](C(=O)Nc1c(O)c2c(c(N(C)C)c1Cl)CC1CC3C(N(C)C)C(O)=C(C(N)=O)C(=O)C3(O)C(O)=C1C2=O)N(C)C. The van der Waals surface area contributed by atoms with Crippen LogP contribution in [0.4, 0.5) is 11.4 Å². The topological polar surface area (TPSA) is 223 Å². The number of carbonyl (C=O) groups is 5. The van der Waals surface area contributed by atoms with Gasteiger partial charge in [-0.3, -0.25) is 33.8 Å². The number of aliphatic hydroxyl groups excluding tert-OH is 2. The molecule has 0 heterocycles. The van der Waals surface area contributed by atoms with Crippen molar-refractivity contribution in [3.05, 3.63) is 38.8 Å². The van der Waals surface area contributed by atoms with E-state index in [-0.39, 0.29) is 52.4 Å². The highest BCUT2D eigenvalue weighted by Crippen LogP contribution is 2.55. The molecule has 0 bridgehead atoms. The summed E-state index contributed by atoms with van der Waals surface area (Å²) in [6, 6.07) is -2.19. The second kappa shape index (κ2) is 12.2. The van der Waals surface area contributed by atoms with E-state index in [1.807, 2.05) is 0 Å². The Morgan fingerprint density at radius 2 is 1.72 bits per heavy atom. The van der Waals surface area contributed by atoms with Crippen molar-refractivity contribution in [2.24, 2.45) is 17.6 Å². The van der Waals surface area contributed by atoms with Gasteiger partial charge in [0.05, 0.1) is 41.9 Å². The highest BCUT2D eigenvalue weighted by Gasteiger charge is 2.63. The van der Waals surface area contributed by atoms with Crippen molar-refractivity contribution in [3.63, 3.8) is 0 Å². The molecule has 0 saturated carbocycles. The van der Waals surface area contributed by atoms with Crippen LogP contribution in [0.25, 0.3) is 0 Å². The molecule has 0 radical (unpaired) electrons. The molecule has 0 fully saturated rings. The van der Waals surface area contributed by atoms with E-state index < -0.39 is 81.7 Å². The number of rotatable bonds is 8. The lowest BCUT2D eigenvalue weighted by Gasteiger charge is -2.50. The summed E-state index contributed by atoms with van der Waals surface area (Å²) in [4.78, 5) is 69.8. The minimum Gasteiger partial charge on any atom is -0.510 e. The monoisotopic (exact) mass is 663 g/mol. The van der Waals surface area contributed by atoms with E-state index in [2.05, 4.69) is 10.1 Å². The number of nitrogens with two attached hydrogens (primary N) is 1. The maximum atomic E-state index is 14.2. The second-order valence-electron chi connectivity index (χ2n) is 12.3. The van der Waals surface area contributed by atoms with Gasteiger partial charge in [-0.05, 0) is 52.5 Å². The third-order valence-electron chi connectivity index (χ3n) is 9.01. The number of hydrogen-bond acceptors (Lipinski definition) is 13. The van der Waals surface area contributed by atoms with Gasteiger partial charge in [0.15, 0.2) is 17.1 Å². The average Bonchev–Trinajstić information content (AvgIpc) is 2.94. The number of nitrogens with one attached hydrogen (secondary N) is 1. The Kier molecular flexibility index (Phi) is 9.20. The number of ether oxygens (including phenoxy) is 1. The van der Waals surface area contributed by atoms with Crippen LogP contribution in [-0.2, 0) is 30.3 Å². The van der Waals surface area contributed by atoms with E-state index in [1.165, 1.54) is 31.0 Å². The number of Topliss-reactive ketones (excluding diaryl/α,β-unsaturated/α-hetero) is 2. The summed E-state index contributed by atoms with van der Waals surface area (Å²) in [6.07, 6.45) is -0.445. The van der Waals surface area contributed by atoms with Crippen molar-refractivity contribution < 1.29 is 49.1 Å². The van der Waals surface area contributed by atoms with Crippen LogP contribution in [0.1, 0.15) is 28.8 Å². The molecule has 5 atom stereocenters. The van der Waals surface area contributed by atoms with E-state index in [1.54, 1.807) is 33.1 Å². The number of nitrogens with zero attached hydrogens (tertiary/aromatic N) is 3. The summed E-state index contributed by atoms with van der Waals surface area (Å²) in [6.45, 7) is 0. The van der Waals surface area contributed by atoms with Crippen LogP contribution in [0, 0.1) is 11.8 Å². The van der Waals surface area contributed by atoms with E-state index >= 15 is 0 Å². The number of anilines is 2. The van der Waals surface area contributed by atoms with E-state index in [9.17, 15) is 44.4 Å². The van der Waals surface area contributed by atoms with Crippen molar-refractivity contribution in [1.29, 1.82) is 0 Å². The zero-order valence-electron chi connectivity index (χ0n) is 26.5. The fraction of sp³-hybridized carbons (Fsp3) is 0.500. The average molecular weight is 664 g/mol. The fourth-order valence-electron chi connectivity index (χ4n) is 6.87. The van der Waals surface area contributed by atoms with Crippen molar-refractivity contribution in [3.8, 4) is 5.75 Å². The summed E-state index contributed by atoms with van der Waals surface area (Å²) < 4.78 is 4.69. The molecule has 4 unspecified atom stereocenters. The molecule has 7 N–H and O–H groups in total. The van der Waals surface area contributed by atoms with E-state index in [0.717, 1.165) is 0 Å². The highest BCUT2D eigenvalue weighted by atomic mass is 35.5. The normalized spacial score (nSPS) is 24.8. The Morgan fingerprint density at radius 1 is 1.11 bits per heavy atom. The van der Waals surface area contributed by atoms with Gasteiger partial charge in [-0.2, -0.15) is 0 Å². The van der Waals surface area contributed by atoms with Crippen LogP contribution in [-0.4, -0.2) is 127 Å². The predicted molar refractivity (Wildman–Crippen MR) is 166 cm³/mol. The van der Waals surface area contributed by atoms with Gasteiger partial charge < -0.3 is 41.1 Å². The number of primary amides is 1. The number of esters is 1. The first-order valence-electron chi connectivity index (χ1n) is 14.3. The summed E-state index contributed by atoms with van der Waals surface area (Å²) in [7, 11) is 10.6. The molecule has 16 heteroatoms. The largest absolute Gasteiger partial charge is 0.510 e. The summed E-state index contributed by atoms with van der Waals surface area (Å²) >= 11 is 6.77. The minimum atomic E-state index is -2.80. The lowest BCUT2D eigenvalue weighted by Crippen LogP contribution is -2.63. The molecule has 46 heavy (non-hydrogen) atoms. The number of allylic oxidation sites excluding steroid dienone is 1. The number of aromatic hydroxyl groups is 1. The zero-order chi connectivity index (χ0) is 34.7. The molecule has 0 saturated heterocycles. The Hall–Kier alpha value is -4.18. The number of carbonyl (C=O) groups excluding carboxylic acids is 5. The number of hydrogen-bond donors (Lipinski definition) is 6. The standard InChI is InChI=1S/C30H38ClN5O10/c1-34(2)14(10-15(37)46-7)29(44)33-20-19(31)21(35(3)4)12-8-11-9-13-22(36(5)6)25(40)18(28(32)43)27(42)30(13,45)26(41)16(11)23(38)17(12)24(20)39/h11,13-14,22,39-41,45H,8-10H2,1-7H3,(H2,32,43)(H,33,44)/t11?,13?,14-,22?,30?/m0/s1. The van der Waals surface area contributed by atoms with Crippen LogP contribution in [0.3, 0.4) is 0 Å². The molecule has 15 nitrogen and oxygen atoms in total. The van der Waals surface area contributed by atoms with Crippen LogP contribution < -0.4 is 16.0 Å². The molecule has 0 aliphatic heterocycles. The van der Waals surface area contributed by atoms with Crippen LogP contribution in [0.2, 0.25) is 5.02 Å². The lowest BCUT2D eigenvalue weighted by molar-refractivity contribution is -0.148. The second-order valence-corrected chi connectivity index (χ2v) is 12.7. The maximum absolute atomic E-state index is 14.2. The lowest BCUT2D eigenvalue weighted by atomic mass is 9.58. The number of phenols is 1. The molecule has 1 aromatic carbocycles. The van der Waals surface area contributed by atoms with Crippen LogP contribution in [0.5, 0.6) is 5.75 Å². The van der Waals surface area contributed by atoms with Gasteiger partial charge in [-0.15, -0.1) is 0 Å². The predicted octanol–water partition coefficient (Wildman–Crippen LogP) is 0.272. The Morgan fingerprint density at radius 3 is 2.22 bits per heavy atom. The van der Waals surface area contributed by atoms with Gasteiger partial charge in [-0.25, -0.2) is 0 Å². The summed E-state index contributed by atoms with van der Waals surface area (Å²) in [5, 5.41) is 48.3. The van der Waals surface area contributed by atoms with Crippen molar-refractivity contribution in [1.82, 2.24) is 9.80 Å². The zero-order valence-corrected chi connectivity index (χ0v) is 27.2. The number of fused-ring (bicyclic) bond motifs is 3. The number of benzene rings is 1. The molecule has 3 aliphatic carbocycles. The molecule has 4 rings (SSSR count). The smallest absolute Gasteiger partial charge is 0.307 e. The number of aliphatic hydroxyl groups is 3. The molecular weight excluding hydrogens is 626 g/mol. The Balaban J connectivity index is 1.92. The summed E-state index contributed by atoms with van der Waals surface area (Å²) in [5.74, 6) is -9.49. The van der Waals surface area contributed by atoms with Crippen LogP contribution in [0.15, 0.2) is 22.7 Å². The minimum absolute atomic E-state index is 0.00772. The third kappa shape index (κ3) is 5.16. The first kappa shape index (κ1) is 34.7. The fourth-order valence-corrected chi connectivity index (χ4v) is 7.29. The molecule has 3 aliphatic rings. The quantitative estimate of drug-likeness (QED) is 0.125. The van der Waals surface area contributed by atoms with E-state index in [4.69, 9.17) is 17.3 Å². The molecule has 250 valence electrons. The first-order chi connectivity index (χ1) is 21.3. The number of likely N-dealkylation sites (N-methyl/N-ethyl adjacent to an activating group) is 2. The van der Waals surface area contributed by atoms with Crippen molar-refractivity contribution in [2.75, 3.05) is 59.6 Å². The first-order valence-corrected chi connectivity index (χ1v) is 14.6. The van der Waals surface area contributed by atoms with Crippen molar-refractivity contribution in [2.45, 2.75) is 36.9 Å². The van der Waals surface area contributed by atoms with Gasteiger partial charge in [0.25, 0.3) is 5.91 Å². The van der Waals surface area contributed by atoms with Gasteiger partial charge in [0.2, 0.25) is 11.7 Å².